The Morgan fingerprint density at radius 3 is 3.00 bits per heavy atom. The van der Waals surface area contributed by atoms with Gasteiger partial charge in [-0.3, -0.25) is 14.9 Å². The first kappa shape index (κ1) is 16.6. The Labute approximate surface area is 152 Å². The standard InChI is InChI=1S/C15H17N5O3S2/c1-8-12(25-19-18-8)14(22)20-5-4-9-11(7-20)24-15(16-9)17-13(21)10-3-2-6-23-10/h10H,2-7H2,1H3,(H,16,17,21)/t10-/m0/s1. The molecule has 1 fully saturated rings. The Morgan fingerprint density at radius 2 is 2.28 bits per heavy atom. The number of hydrogen-bond acceptors (Lipinski definition) is 8. The van der Waals surface area contributed by atoms with E-state index >= 15 is 0 Å². The van der Waals surface area contributed by atoms with Crippen LogP contribution in [-0.4, -0.2) is 50.5 Å². The molecule has 0 saturated carbocycles. The van der Waals surface area contributed by atoms with Crippen molar-refractivity contribution in [1.29, 1.82) is 0 Å². The monoisotopic (exact) mass is 379 g/mol. The number of carbonyl (C=O) groups excluding carboxylic acids is 2. The highest BCUT2D eigenvalue weighted by atomic mass is 32.1. The van der Waals surface area contributed by atoms with Crippen LogP contribution in [-0.2, 0) is 22.5 Å². The minimum Gasteiger partial charge on any atom is -0.368 e. The second kappa shape index (κ2) is 6.77. The number of anilines is 1. The number of nitrogens with zero attached hydrogens (tertiary/aromatic N) is 4. The summed E-state index contributed by atoms with van der Waals surface area (Å²) in [6, 6.07) is 0. The molecule has 8 nitrogen and oxygen atoms in total. The summed E-state index contributed by atoms with van der Waals surface area (Å²) < 4.78 is 9.22. The summed E-state index contributed by atoms with van der Waals surface area (Å²) in [6.07, 6.45) is 1.97. The maximum atomic E-state index is 12.6. The van der Waals surface area contributed by atoms with Crippen LogP contribution in [0.5, 0.6) is 0 Å². The van der Waals surface area contributed by atoms with Gasteiger partial charge in [0.1, 0.15) is 11.0 Å². The first-order chi connectivity index (χ1) is 12.1. The van der Waals surface area contributed by atoms with E-state index in [-0.39, 0.29) is 17.9 Å². The molecule has 0 spiro atoms. The number of hydrogen-bond donors (Lipinski definition) is 1. The van der Waals surface area contributed by atoms with Gasteiger partial charge < -0.3 is 9.64 Å². The van der Waals surface area contributed by atoms with Crippen LogP contribution in [0.25, 0.3) is 0 Å². The quantitative estimate of drug-likeness (QED) is 0.870. The smallest absolute Gasteiger partial charge is 0.267 e. The molecule has 0 bridgehead atoms. The van der Waals surface area contributed by atoms with Crippen molar-refractivity contribution in [3.63, 3.8) is 0 Å². The summed E-state index contributed by atoms with van der Waals surface area (Å²) in [7, 11) is 0. The lowest BCUT2D eigenvalue weighted by Crippen LogP contribution is -2.35. The van der Waals surface area contributed by atoms with Crippen LogP contribution < -0.4 is 5.32 Å². The number of aryl methyl sites for hydroxylation is 1. The molecular formula is C15H17N5O3S2. The highest BCUT2D eigenvalue weighted by molar-refractivity contribution is 7.15. The van der Waals surface area contributed by atoms with Gasteiger partial charge in [0.05, 0.1) is 17.9 Å². The van der Waals surface area contributed by atoms with Gasteiger partial charge >= 0.3 is 0 Å². The summed E-state index contributed by atoms with van der Waals surface area (Å²) in [5.74, 6) is -0.181. The highest BCUT2D eigenvalue weighted by Gasteiger charge is 2.29. The summed E-state index contributed by atoms with van der Waals surface area (Å²) in [5, 5.41) is 7.33. The number of amides is 2. The molecule has 2 aromatic heterocycles. The molecule has 0 radical (unpaired) electrons. The molecule has 2 amide bonds. The van der Waals surface area contributed by atoms with Gasteiger partial charge in [-0.2, -0.15) is 0 Å². The molecule has 25 heavy (non-hydrogen) atoms. The van der Waals surface area contributed by atoms with Gasteiger partial charge in [-0.15, -0.1) is 5.10 Å². The fourth-order valence-corrected chi connectivity index (χ4v) is 4.62. The lowest BCUT2D eigenvalue weighted by atomic mass is 10.1. The number of carbonyl (C=O) groups is 2. The van der Waals surface area contributed by atoms with Crippen molar-refractivity contribution in [3.8, 4) is 0 Å². The van der Waals surface area contributed by atoms with E-state index in [9.17, 15) is 9.59 Å². The third kappa shape index (κ3) is 3.29. The largest absolute Gasteiger partial charge is 0.368 e. The molecule has 0 aromatic carbocycles. The number of fused-ring (bicyclic) bond motifs is 1. The predicted octanol–water partition coefficient (Wildman–Crippen LogP) is 1.62. The molecule has 1 saturated heterocycles. The molecule has 4 rings (SSSR count). The van der Waals surface area contributed by atoms with E-state index in [4.69, 9.17) is 4.74 Å². The average molecular weight is 379 g/mol. The van der Waals surface area contributed by atoms with E-state index in [1.54, 1.807) is 11.8 Å². The van der Waals surface area contributed by atoms with Crippen molar-refractivity contribution < 1.29 is 14.3 Å². The van der Waals surface area contributed by atoms with Gasteiger partial charge in [0.15, 0.2) is 5.13 Å². The summed E-state index contributed by atoms with van der Waals surface area (Å²) in [6.45, 7) is 3.53. The Hall–Kier alpha value is -1.91. The fraction of sp³-hybridized carbons (Fsp3) is 0.533. The predicted molar refractivity (Wildman–Crippen MR) is 92.8 cm³/mol. The molecule has 0 unspecified atom stereocenters. The molecular weight excluding hydrogens is 362 g/mol. The number of aromatic nitrogens is 3. The van der Waals surface area contributed by atoms with E-state index in [0.29, 0.717) is 41.8 Å². The molecule has 4 heterocycles. The van der Waals surface area contributed by atoms with Gasteiger partial charge in [-0.1, -0.05) is 15.8 Å². The minimum absolute atomic E-state index is 0.0449. The van der Waals surface area contributed by atoms with E-state index in [0.717, 1.165) is 34.9 Å². The van der Waals surface area contributed by atoms with Crippen LogP contribution in [0.15, 0.2) is 0 Å². The first-order valence-corrected chi connectivity index (χ1v) is 9.70. The lowest BCUT2D eigenvalue weighted by Gasteiger charge is -2.25. The zero-order valence-corrected chi connectivity index (χ0v) is 15.3. The van der Waals surface area contributed by atoms with E-state index in [2.05, 4.69) is 19.9 Å². The Kier molecular flexibility index (Phi) is 4.48. The van der Waals surface area contributed by atoms with Gasteiger partial charge in [-0.05, 0) is 31.3 Å². The van der Waals surface area contributed by atoms with Crippen LogP contribution >= 0.6 is 22.9 Å². The molecule has 1 atom stereocenters. The van der Waals surface area contributed by atoms with Gasteiger partial charge in [0.2, 0.25) is 0 Å². The van der Waals surface area contributed by atoms with Crippen molar-refractivity contribution >= 4 is 39.8 Å². The van der Waals surface area contributed by atoms with Crippen LogP contribution in [0, 0.1) is 6.92 Å². The summed E-state index contributed by atoms with van der Waals surface area (Å²) in [5.41, 5.74) is 1.62. The maximum Gasteiger partial charge on any atom is 0.267 e. The van der Waals surface area contributed by atoms with Crippen molar-refractivity contribution in [2.24, 2.45) is 0 Å². The van der Waals surface area contributed by atoms with Gasteiger partial charge in [0, 0.05) is 24.4 Å². The van der Waals surface area contributed by atoms with Crippen molar-refractivity contribution in [2.45, 2.75) is 38.8 Å². The number of thiazole rings is 1. The molecule has 10 heteroatoms. The second-order valence-electron chi connectivity index (χ2n) is 6.04. The topological polar surface area (TPSA) is 97.3 Å². The summed E-state index contributed by atoms with van der Waals surface area (Å²) in [4.78, 5) is 32.6. The van der Waals surface area contributed by atoms with E-state index in [1.807, 2.05) is 0 Å². The lowest BCUT2D eigenvalue weighted by molar-refractivity contribution is -0.124. The zero-order valence-electron chi connectivity index (χ0n) is 13.7. The second-order valence-corrected chi connectivity index (χ2v) is 7.88. The van der Waals surface area contributed by atoms with Crippen LogP contribution in [0.2, 0.25) is 0 Å². The number of ether oxygens (including phenoxy) is 1. The Bertz CT molecular complexity index is 812. The molecule has 2 aromatic rings. The van der Waals surface area contributed by atoms with E-state index < -0.39 is 0 Å². The first-order valence-electron chi connectivity index (χ1n) is 8.11. The van der Waals surface area contributed by atoms with Gasteiger partial charge in [-0.25, -0.2) is 4.98 Å². The normalized spacial score (nSPS) is 19.7. The Balaban J connectivity index is 1.45. The molecule has 1 N–H and O–H groups in total. The Morgan fingerprint density at radius 1 is 1.40 bits per heavy atom. The molecule has 0 aliphatic carbocycles. The van der Waals surface area contributed by atoms with Crippen molar-refractivity contribution in [1.82, 2.24) is 19.5 Å². The molecule has 132 valence electrons. The van der Waals surface area contributed by atoms with E-state index in [1.165, 1.54) is 11.3 Å². The minimum atomic E-state index is -0.374. The van der Waals surface area contributed by atoms with Crippen molar-refractivity contribution in [2.75, 3.05) is 18.5 Å². The SMILES string of the molecule is Cc1nnsc1C(=O)N1CCc2nc(NC(=O)[C@@H]3CCCO3)sc2C1. The fourth-order valence-electron chi connectivity index (χ4n) is 2.96. The highest BCUT2D eigenvalue weighted by Crippen LogP contribution is 2.30. The van der Waals surface area contributed by atoms with Crippen LogP contribution in [0.1, 0.15) is 38.8 Å². The molecule has 2 aliphatic heterocycles. The van der Waals surface area contributed by atoms with Crippen molar-refractivity contribution in [3.05, 3.63) is 21.1 Å². The number of rotatable bonds is 3. The van der Waals surface area contributed by atoms with Gasteiger partial charge in [0.25, 0.3) is 11.8 Å². The number of nitrogens with one attached hydrogen (secondary N) is 1. The summed E-state index contributed by atoms with van der Waals surface area (Å²) >= 11 is 2.55. The third-order valence-corrected chi connectivity index (χ3v) is 6.13. The molecule has 2 aliphatic rings. The van der Waals surface area contributed by atoms with Crippen LogP contribution in [0.4, 0.5) is 5.13 Å². The average Bonchev–Trinajstić information content (AvgIpc) is 3.33. The zero-order chi connectivity index (χ0) is 17.4. The third-order valence-electron chi connectivity index (χ3n) is 4.32. The maximum absolute atomic E-state index is 12.6. The van der Waals surface area contributed by atoms with Crippen LogP contribution in [0.3, 0.4) is 0 Å².